The van der Waals surface area contributed by atoms with Crippen molar-refractivity contribution in [1.29, 1.82) is 0 Å². The predicted molar refractivity (Wildman–Crippen MR) is 65.4 cm³/mol. The van der Waals surface area contributed by atoms with E-state index in [1.807, 2.05) is 6.92 Å². The molecule has 3 N–H and O–H groups in total. The van der Waals surface area contributed by atoms with Gasteiger partial charge >= 0.3 is 5.97 Å². The van der Waals surface area contributed by atoms with E-state index in [0.29, 0.717) is 5.69 Å². The number of hydrogen-bond donors (Lipinski definition) is 2. The first-order valence-electron chi connectivity index (χ1n) is 5.63. The van der Waals surface area contributed by atoms with Gasteiger partial charge in [0.2, 0.25) is 0 Å². The van der Waals surface area contributed by atoms with Crippen molar-refractivity contribution < 1.29 is 14.3 Å². The Balaban J connectivity index is 2.26. The van der Waals surface area contributed by atoms with Crippen LogP contribution in [0.3, 0.4) is 0 Å². The summed E-state index contributed by atoms with van der Waals surface area (Å²) in [5, 5.41) is 16.3. The van der Waals surface area contributed by atoms with Crippen molar-refractivity contribution in [2.24, 2.45) is 5.73 Å². The van der Waals surface area contributed by atoms with Gasteiger partial charge in [-0.05, 0) is 24.6 Å². The van der Waals surface area contributed by atoms with E-state index in [9.17, 15) is 9.18 Å². The summed E-state index contributed by atoms with van der Waals surface area (Å²) in [7, 11) is 0. The molecule has 0 bridgehead atoms. The molecule has 1 aromatic heterocycles. The van der Waals surface area contributed by atoms with Gasteiger partial charge in [0.15, 0.2) is 0 Å². The fourth-order valence-electron chi connectivity index (χ4n) is 1.62. The first-order chi connectivity index (χ1) is 8.97. The summed E-state index contributed by atoms with van der Waals surface area (Å²) in [6.07, 6.45) is 1.52. The largest absolute Gasteiger partial charge is 0.480 e. The average molecular weight is 264 g/mol. The molecule has 7 heteroatoms. The highest BCUT2D eigenvalue weighted by molar-refractivity contribution is 5.73. The number of nitrogens with two attached hydrogens (primary N) is 1. The number of carboxylic acids is 1. The standard InChI is InChI=1S/C12H13FN4O2/c1-7-2-3-9(13)11(4-7)17-6-8(15-16-17)5-10(14)12(18)19/h2-4,6,10H,5,14H2,1H3,(H,18,19). The third kappa shape index (κ3) is 2.94. The Kier molecular flexibility index (Phi) is 3.57. The van der Waals surface area contributed by atoms with Crippen molar-refractivity contribution in [3.8, 4) is 5.69 Å². The van der Waals surface area contributed by atoms with E-state index >= 15 is 0 Å². The molecule has 0 saturated carbocycles. The minimum Gasteiger partial charge on any atom is -0.480 e. The molecule has 0 amide bonds. The fourth-order valence-corrected chi connectivity index (χ4v) is 1.62. The Bertz CT molecular complexity index is 612. The number of hydrogen-bond acceptors (Lipinski definition) is 4. The minimum atomic E-state index is -1.11. The van der Waals surface area contributed by atoms with Crippen LogP contribution in [-0.2, 0) is 11.2 Å². The van der Waals surface area contributed by atoms with E-state index in [2.05, 4.69) is 10.3 Å². The molecule has 1 unspecified atom stereocenters. The van der Waals surface area contributed by atoms with E-state index in [1.165, 1.54) is 16.9 Å². The number of rotatable bonds is 4. The van der Waals surface area contributed by atoms with E-state index in [0.717, 1.165) is 5.56 Å². The first kappa shape index (κ1) is 13.2. The molecule has 1 atom stereocenters. The fraction of sp³-hybridized carbons (Fsp3) is 0.250. The van der Waals surface area contributed by atoms with Gasteiger partial charge in [-0.25, -0.2) is 9.07 Å². The Morgan fingerprint density at radius 1 is 1.58 bits per heavy atom. The lowest BCUT2D eigenvalue weighted by atomic mass is 10.2. The van der Waals surface area contributed by atoms with Crippen LogP contribution in [0.15, 0.2) is 24.4 Å². The SMILES string of the molecule is Cc1ccc(F)c(-n2cc(CC(N)C(=O)O)nn2)c1. The van der Waals surface area contributed by atoms with Gasteiger partial charge in [-0.2, -0.15) is 0 Å². The second kappa shape index (κ2) is 5.15. The van der Waals surface area contributed by atoms with Gasteiger partial charge < -0.3 is 10.8 Å². The van der Waals surface area contributed by atoms with Crippen LogP contribution in [0.4, 0.5) is 4.39 Å². The van der Waals surface area contributed by atoms with Crippen LogP contribution in [0.1, 0.15) is 11.3 Å². The molecular weight excluding hydrogens is 251 g/mol. The zero-order valence-electron chi connectivity index (χ0n) is 10.2. The number of carboxylic acid groups (broad SMARTS) is 1. The number of aromatic nitrogens is 3. The Morgan fingerprint density at radius 2 is 2.32 bits per heavy atom. The van der Waals surface area contributed by atoms with E-state index in [1.54, 1.807) is 12.1 Å². The van der Waals surface area contributed by atoms with Crippen LogP contribution in [0.5, 0.6) is 0 Å². The van der Waals surface area contributed by atoms with Crippen molar-refractivity contribution in [1.82, 2.24) is 15.0 Å². The number of benzene rings is 1. The topological polar surface area (TPSA) is 94.0 Å². The average Bonchev–Trinajstić information content (AvgIpc) is 2.80. The molecule has 1 aromatic carbocycles. The number of nitrogens with zero attached hydrogens (tertiary/aromatic N) is 3. The highest BCUT2D eigenvalue weighted by Crippen LogP contribution is 2.14. The highest BCUT2D eigenvalue weighted by Gasteiger charge is 2.15. The summed E-state index contributed by atoms with van der Waals surface area (Å²) >= 11 is 0. The maximum atomic E-state index is 13.6. The van der Waals surface area contributed by atoms with E-state index < -0.39 is 17.8 Å². The quantitative estimate of drug-likeness (QED) is 0.846. The highest BCUT2D eigenvalue weighted by atomic mass is 19.1. The molecule has 0 spiro atoms. The third-order valence-corrected chi connectivity index (χ3v) is 2.64. The minimum absolute atomic E-state index is 0.0444. The zero-order valence-corrected chi connectivity index (χ0v) is 10.2. The van der Waals surface area contributed by atoms with Gasteiger partial charge in [0.25, 0.3) is 0 Å². The van der Waals surface area contributed by atoms with Crippen molar-refractivity contribution in [3.05, 3.63) is 41.5 Å². The van der Waals surface area contributed by atoms with Crippen LogP contribution in [0.25, 0.3) is 5.69 Å². The van der Waals surface area contributed by atoms with Gasteiger partial charge in [0.1, 0.15) is 17.5 Å². The van der Waals surface area contributed by atoms with Crippen LogP contribution >= 0.6 is 0 Å². The van der Waals surface area contributed by atoms with Gasteiger partial charge in [-0.15, -0.1) is 5.10 Å². The Hall–Kier alpha value is -2.28. The van der Waals surface area contributed by atoms with Crippen molar-refractivity contribution >= 4 is 5.97 Å². The lowest BCUT2D eigenvalue weighted by Gasteiger charge is -2.03. The molecule has 0 radical (unpaired) electrons. The summed E-state index contributed by atoms with van der Waals surface area (Å²) in [6.45, 7) is 1.83. The molecule has 0 saturated heterocycles. The molecule has 100 valence electrons. The summed E-state index contributed by atoms with van der Waals surface area (Å²) in [4.78, 5) is 10.6. The molecule has 2 aromatic rings. The van der Waals surface area contributed by atoms with Crippen LogP contribution < -0.4 is 5.73 Å². The number of halogens is 1. The van der Waals surface area contributed by atoms with Crippen LogP contribution in [0.2, 0.25) is 0 Å². The van der Waals surface area contributed by atoms with E-state index in [4.69, 9.17) is 10.8 Å². The van der Waals surface area contributed by atoms with Crippen LogP contribution in [0, 0.1) is 12.7 Å². The molecule has 6 nitrogen and oxygen atoms in total. The second-order valence-electron chi connectivity index (χ2n) is 4.26. The van der Waals surface area contributed by atoms with Crippen molar-refractivity contribution in [3.63, 3.8) is 0 Å². The Morgan fingerprint density at radius 3 is 3.00 bits per heavy atom. The van der Waals surface area contributed by atoms with Gasteiger partial charge in [0.05, 0.1) is 11.9 Å². The summed E-state index contributed by atoms with van der Waals surface area (Å²) in [5.74, 6) is -1.54. The van der Waals surface area contributed by atoms with Crippen molar-refractivity contribution in [2.45, 2.75) is 19.4 Å². The maximum absolute atomic E-state index is 13.6. The Labute approximate surface area is 108 Å². The van der Waals surface area contributed by atoms with Gasteiger partial charge in [-0.3, -0.25) is 4.79 Å². The van der Waals surface area contributed by atoms with Crippen LogP contribution in [-0.4, -0.2) is 32.1 Å². The maximum Gasteiger partial charge on any atom is 0.320 e. The molecule has 0 fully saturated rings. The smallest absolute Gasteiger partial charge is 0.320 e. The summed E-state index contributed by atoms with van der Waals surface area (Å²) in [5.41, 5.74) is 6.95. The normalized spacial score (nSPS) is 12.4. The van der Waals surface area contributed by atoms with Gasteiger partial charge in [0, 0.05) is 6.42 Å². The lowest BCUT2D eigenvalue weighted by molar-refractivity contribution is -0.138. The van der Waals surface area contributed by atoms with Gasteiger partial charge in [-0.1, -0.05) is 11.3 Å². The van der Waals surface area contributed by atoms with Crippen molar-refractivity contribution in [2.75, 3.05) is 0 Å². The molecule has 0 aliphatic heterocycles. The predicted octanol–water partition coefficient (Wildman–Crippen LogP) is 0.669. The molecule has 1 heterocycles. The molecular formula is C12H13FN4O2. The third-order valence-electron chi connectivity index (χ3n) is 2.64. The molecule has 2 rings (SSSR count). The lowest BCUT2D eigenvalue weighted by Crippen LogP contribution is -2.32. The summed E-state index contributed by atoms with van der Waals surface area (Å²) in [6, 6.07) is 3.57. The molecule has 0 aliphatic carbocycles. The number of aliphatic carboxylic acids is 1. The monoisotopic (exact) mass is 264 g/mol. The molecule has 19 heavy (non-hydrogen) atoms. The second-order valence-corrected chi connectivity index (χ2v) is 4.26. The summed E-state index contributed by atoms with van der Waals surface area (Å²) < 4.78 is 14.9. The number of carbonyl (C=O) groups is 1. The van der Waals surface area contributed by atoms with E-state index in [-0.39, 0.29) is 12.1 Å². The molecule has 0 aliphatic rings. The first-order valence-corrected chi connectivity index (χ1v) is 5.63. The number of aryl methyl sites for hydroxylation is 1. The zero-order chi connectivity index (χ0) is 14.0.